The Hall–Kier alpha value is -2.11. The number of esters is 3. The van der Waals surface area contributed by atoms with E-state index in [1.165, 1.54) is 186 Å². The van der Waals surface area contributed by atoms with Crippen LogP contribution in [0.5, 0.6) is 0 Å². The van der Waals surface area contributed by atoms with Crippen LogP contribution in [-0.2, 0) is 28.6 Å². The van der Waals surface area contributed by atoms with Gasteiger partial charge in [0.25, 0.3) is 0 Å². The fourth-order valence-corrected chi connectivity index (χ4v) is 8.02. The number of rotatable bonds is 50. The molecule has 0 bridgehead atoms. The van der Waals surface area contributed by atoms with E-state index in [-0.39, 0.29) is 31.1 Å². The molecule has 0 heterocycles. The molecule has 0 N–H and O–H groups in total. The zero-order valence-electron chi connectivity index (χ0n) is 41.7. The van der Waals surface area contributed by atoms with Crippen LogP contribution in [-0.4, -0.2) is 37.2 Å². The Labute approximate surface area is 385 Å². The van der Waals surface area contributed by atoms with Crippen LogP contribution in [0.15, 0.2) is 24.3 Å². The quantitative estimate of drug-likeness (QED) is 0.0262. The fourth-order valence-electron chi connectivity index (χ4n) is 8.02. The molecule has 0 spiro atoms. The number of unbranched alkanes of at least 4 members (excludes halogenated alkanes) is 35. The summed E-state index contributed by atoms with van der Waals surface area (Å²) in [6, 6.07) is 0. The van der Waals surface area contributed by atoms with Crippen LogP contribution in [0, 0.1) is 0 Å². The summed E-state index contributed by atoms with van der Waals surface area (Å²) >= 11 is 0. The van der Waals surface area contributed by atoms with Crippen LogP contribution < -0.4 is 0 Å². The van der Waals surface area contributed by atoms with Crippen molar-refractivity contribution in [2.75, 3.05) is 13.2 Å². The Morgan fingerprint density at radius 1 is 0.306 bits per heavy atom. The first-order valence-electron chi connectivity index (χ1n) is 27.3. The van der Waals surface area contributed by atoms with E-state index in [0.29, 0.717) is 19.3 Å². The lowest BCUT2D eigenvalue weighted by molar-refractivity contribution is -0.167. The molecule has 1 atom stereocenters. The minimum Gasteiger partial charge on any atom is -0.462 e. The summed E-state index contributed by atoms with van der Waals surface area (Å²) in [5.41, 5.74) is 0. The SMILES string of the molecule is CCCCCC/C=C\CCCCCCCC(=O)OCC(COC(=O)CCCCCCCCCCCCCCCCCC)OC(=O)CCCCCCC/C=C\CCCCCCCC. The summed E-state index contributed by atoms with van der Waals surface area (Å²) in [5, 5.41) is 0. The third-order valence-electron chi connectivity index (χ3n) is 12.2. The van der Waals surface area contributed by atoms with Gasteiger partial charge < -0.3 is 14.2 Å². The summed E-state index contributed by atoms with van der Waals surface area (Å²) in [7, 11) is 0. The molecule has 0 aromatic carbocycles. The minimum atomic E-state index is -0.774. The first-order chi connectivity index (χ1) is 30.5. The van der Waals surface area contributed by atoms with E-state index in [1.807, 2.05) is 0 Å². The third-order valence-corrected chi connectivity index (χ3v) is 12.2. The first kappa shape index (κ1) is 59.9. The Morgan fingerprint density at radius 3 is 0.823 bits per heavy atom. The second-order valence-electron chi connectivity index (χ2n) is 18.5. The van der Waals surface area contributed by atoms with Gasteiger partial charge in [-0.05, 0) is 70.6 Å². The van der Waals surface area contributed by atoms with Crippen molar-refractivity contribution in [2.24, 2.45) is 0 Å². The highest BCUT2D eigenvalue weighted by Crippen LogP contribution is 2.16. The molecule has 0 fully saturated rings. The molecule has 364 valence electrons. The van der Waals surface area contributed by atoms with Gasteiger partial charge in [0.15, 0.2) is 6.10 Å². The molecular formula is C56H104O6. The number of carbonyl (C=O) groups is 3. The van der Waals surface area contributed by atoms with Gasteiger partial charge in [-0.25, -0.2) is 0 Å². The van der Waals surface area contributed by atoms with E-state index in [4.69, 9.17) is 14.2 Å². The van der Waals surface area contributed by atoms with Crippen LogP contribution in [0.4, 0.5) is 0 Å². The van der Waals surface area contributed by atoms with Gasteiger partial charge >= 0.3 is 17.9 Å². The predicted octanol–water partition coefficient (Wildman–Crippen LogP) is 17.9. The molecule has 0 saturated heterocycles. The third kappa shape index (κ3) is 48.9. The van der Waals surface area contributed by atoms with Gasteiger partial charge in [0, 0.05) is 19.3 Å². The van der Waals surface area contributed by atoms with Gasteiger partial charge in [-0.15, -0.1) is 0 Å². The van der Waals surface area contributed by atoms with Crippen molar-refractivity contribution in [2.45, 2.75) is 303 Å². The zero-order chi connectivity index (χ0) is 45.1. The van der Waals surface area contributed by atoms with Crippen molar-refractivity contribution in [3.8, 4) is 0 Å². The fraction of sp³-hybridized carbons (Fsp3) is 0.875. The number of hydrogen-bond donors (Lipinski definition) is 0. The summed E-state index contributed by atoms with van der Waals surface area (Å²) in [4.78, 5) is 38.0. The van der Waals surface area contributed by atoms with Crippen molar-refractivity contribution in [3.63, 3.8) is 0 Å². The Morgan fingerprint density at radius 2 is 0.532 bits per heavy atom. The van der Waals surface area contributed by atoms with E-state index < -0.39 is 6.10 Å². The van der Waals surface area contributed by atoms with E-state index in [0.717, 1.165) is 70.6 Å². The zero-order valence-corrected chi connectivity index (χ0v) is 41.7. The van der Waals surface area contributed by atoms with Crippen molar-refractivity contribution in [3.05, 3.63) is 24.3 Å². The van der Waals surface area contributed by atoms with E-state index in [1.54, 1.807) is 0 Å². The molecule has 1 unspecified atom stereocenters. The number of ether oxygens (including phenoxy) is 3. The second-order valence-corrected chi connectivity index (χ2v) is 18.5. The van der Waals surface area contributed by atoms with E-state index in [2.05, 4.69) is 45.1 Å². The van der Waals surface area contributed by atoms with Gasteiger partial charge in [0.1, 0.15) is 13.2 Å². The number of allylic oxidation sites excluding steroid dienone is 4. The molecule has 0 radical (unpaired) electrons. The van der Waals surface area contributed by atoms with Gasteiger partial charge in [-0.2, -0.15) is 0 Å². The molecular weight excluding hydrogens is 769 g/mol. The topological polar surface area (TPSA) is 78.9 Å². The number of hydrogen-bond acceptors (Lipinski definition) is 6. The Kier molecular flexibility index (Phi) is 49.8. The highest BCUT2D eigenvalue weighted by molar-refractivity contribution is 5.71. The number of carbonyl (C=O) groups excluding carboxylic acids is 3. The highest BCUT2D eigenvalue weighted by Gasteiger charge is 2.19. The monoisotopic (exact) mass is 873 g/mol. The molecule has 6 nitrogen and oxygen atoms in total. The van der Waals surface area contributed by atoms with Crippen molar-refractivity contribution >= 4 is 17.9 Å². The maximum absolute atomic E-state index is 12.8. The minimum absolute atomic E-state index is 0.0731. The Bertz CT molecular complexity index is 1000. The smallest absolute Gasteiger partial charge is 0.306 e. The van der Waals surface area contributed by atoms with Gasteiger partial charge in [0.05, 0.1) is 0 Å². The molecule has 0 aliphatic carbocycles. The largest absolute Gasteiger partial charge is 0.462 e. The predicted molar refractivity (Wildman–Crippen MR) is 266 cm³/mol. The second kappa shape index (κ2) is 51.5. The maximum atomic E-state index is 12.8. The van der Waals surface area contributed by atoms with E-state index >= 15 is 0 Å². The van der Waals surface area contributed by atoms with Crippen LogP contribution in [0.1, 0.15) is 297 Å². The molecule has 62 heavy (non-hydrogen) atoms. The Balaban J connectivity index is 4.35. The van der Waals surface area contributed by atoms with Gasteiger partial charge in [0.2, 0.25) is 0 Å². The average Bonchev–Trinajstić information content (AvgIpc) is 3.27. The lowest BCUT2D eigenvalue weighted by atomic mass is 10.0. The van der Waals surface area contributed by atoms with Gasteiger partial charge in [-0.1, -0.05) is 231 Å². The average molecular weight is 873 g/mol. The summed E-state index contributed by atoms with van der Waals surface area (Å²) in [5.74, 6) is -0.875. The molecule has 0 saturated carbocycles. The standard InChI is InChI=1S/C56H104O6/c1-4-7-10-13-16-19-22-25-27-29-31-34-37-40-43-46-49-55(58)61-52-53(51-60-54(57)48-45-42-39-36-33-30-24-21-18-15-12-9-6-3)62-56(59)50-47-44-41-38-35-32-28-26-23-20-17-14-11-8-5-2/h21,24,26,28,53H,4-20,22-23,25,27,29-52H2,1-3H3/b24-21-,28-26-. The van der Waals surface area contributed by atoms with E-state index in [9.17, 15) is 14.4 Å². The summed E-state index contributed by atoms with van der Waals surface area (Å²) in [6.07, 6.45) is 58.7. The van der Waals surface area contributed by atoms with Crippen LogP contribution in [0.3, 0.4) is 0 Å². The van der Waals surface area contributed by atoms with Crippen LogP contribution in [0.25, 0.3) is 0 Å². The normalized spacial score (nSPS) is 12.1. The summed E-state index contributed by atoms with van der Waals surface area (Å²) in [6.45, 7) is 6.64. The molecule has 0 aromatic rings. The van der Waals surface area contributed by atoms with Gasteiger partial charge in [-0.3, -0.25) is 14.4 Å². The first-order valence-corrected chi connectivity index (χ1v) is 27.3. The molecule has 0 aliphatic heterocycles. The van der Waals surface area contributed by atoms with Crippen molar-refractivity contribution < 1.29 is 28.6 Å². The lowest BCUT2D eigenvalue weighted by Crippen LogP contribution is -2.30. The molecule has 0 amide bonds. The molecule has 0 rings (SSSR count). The lowest BCUT2D eigenvalue weighted by Gasteiger charge is -2.18. The van der Waals surface area contributed by atoms with Crippen molar-refractivity contribution in [1.29, 1.82) is 0 Å². The molecule has 0 aliphatic rings. The molecule has 6 heteroatoms. The van der Waals surface area contributed by atoms with Crippen LogP contribution in [0.2, 0.25) is 0 Å². The van der Waals surface area contributed by atoms with Crippen molar-refractivity contribution in [1.82, 2.24) is 0 Å². The molecule has 0 aromatic heterocycles. The summed E-state index contributed by atoms with van der Waals surface area (Å²) < 4.78 is 16.8. The van der Waals surface area contributed by atoms with Crippen LogP contribution >= 0.6 is 0 Å². The highest BCUT2D eigenvalue weighted by atomic mass is 16.6. The maximum Gasteiger partial charge on any atom is 0.306 e.